The summed E-state index contributed by atoms with van der Waals surface area (Å²) in [6, 6.07) is 6.72. The van der Waals surface area contributed by atoms with E-state index in [1.165, 1.54) is 11.1 Å². The fourth-order valence-electron chi connectivity index (χ4n) is 2.90. The monoisotopic (exact) mass is 245 g/mol. The normalized spacial score (nSPS) is 21.8. The Kier molecular flexibility index (Phi) is 3.64. The molecule has 1 aromatic carbocycles. The van der Waals surface area contributed by atoms with Crippen molar-refractivity contribution in [2.24, 2.45) is 0 Å². The Morgan fingerprint density at radius 2 is 2.00 bits per heavy atom. The summed E-state index contributed by atoms with van der Waals surface area (Å²) in [4.78, 5) is 4.65. The van der Waals surface area contributed by atoms with Crippen molar-refractivity contribution >= 4 is 0 Å². The van der Waals surface area contributed by atoms with E-state index >= 15 is 0 Å². The first kappa shape index (κ1) is 12.2. The Bertz CT molecular complexity index is 413. The van der Waals surface area contributed by atoms with Crippen molar-refractivity contribution in [1.29, 1.82) is 0 Å². The molecule has 0 amide bonds. The van der Waals surface area contributed by atoms with Gasteiger partial charge in [0.05, 0.1) is 13.2 Å². The summed E-state index contributed by atoms with van der Waals surface area (Å²) in [5, 5.41) is 0. The van der Waals surface area contributed by atoms with Crippen molar-refractivity contribution < 1.29 is 4.74 Å². The highest BCUT2D eigenvalue weighted by molar-refractivity contribution is 5.37. The van der Waals surface area contributed by atoms with Crippen molar-refractivity contribution in [3.63, 3.8) is 0 Å². The van der Waals surface area contributed by atoms with E-state index in [0.717, 1.165) is 52.4 Å². The van der Waals surface area contributed by atoms with E-state index in [4.69, 9.17) is 4.74 Å². The Labute approximate surface area is 109 Å². The van der Waals surface area contributed by atoms with E-state index < -0.39 is 0 Å². The molecule has 1 saturated heterocycles. The predicted molar refractivity (Wildman–Crippen MR) is 72.0 cm³/mol. The highest BCUT2D eigenvalue weighted by atomic mass is 16.5. The molecule has 0 N–H and O–H groups in total. The van der Waals surface area contributed by atoms with E-state index in [0.29, 0.717) is 0 Å². The van der Waals surface area contributed by atoms with Gasteiger partial charge in [-0.25, -0.2) is 0 Å². The minimum atomic E-state index is 0.877. The smallest absolute Gasteiger partial charge is 0.0594 e. The molecule has 3 nitrogen and oxygen atoms in total. The third kappa shape index (κ3) is 2.58. The van der Waals surface area contributed by atoms with Crippen molar-refractivity contribution in [1.82, 2.24) is 9.80 Å². The van der Waals surface area contributed by atoms with Crippen LogP contribution in [0.5, 0.6) is 0 Å². The van der Waals surface area contributed by atoms with E-state index in [-0.39, 0.29) is 0 Å². The first-order valence-electron chi connectivity index (χ1n) is 6.78. The van der Waals surface area contributed by atoms with Crippen LogP contribution in [0.15, 0.2) is 18.2 Å². The standard InChI is InChI=1S/C15H21N2O/c1-16-6-5-15-13(11-16)3-2-4-14(15)12-17-7-9-18-10-8-17/h2-4H,1,5-12H2/q-1. The van der Waals surface area contributed by atoms with Crippen LogP contribution < -0.4 is 0 Å². The summed E-state index contributed by atoms with van der Waals surface area (Å²) < 4.78 is 5.41. The lowest BCUT2D eigenvalue weighted by molar-refractivity contribution is 0.0340. The van der Waals surface area contributed by atoms with Crippen LogP contribution in [-0.4, -0.2) is 42.6 Å². The van der Waals surface area contributed by atoms with Crippen molar-refractivity contribution in [2.45, 2.75) is 19.5 Å². The minimum absolute atomic E-state index is 0.877. The van der Waals surface area contributed by atoms with Gasteiger partial charge in [-0.15, -0.1) is 0 Å². The maximum absolute atomic E-state index is 5.41. The van der Waals surface area contributed by atoms with Gasteiger partial charge in [-0.3, -0.25) is 11.9 Å². The molecule has 1 aromatic rings. The topological polar surface area (TPSA) is 15.7 Å². The summed E-state index contributed by atoms with van der Waals surface area (Å²) in [7, 11) is 4.05. The van der Waals surface area contributed by atoms with Gasteiger partial charge < -0.3 is 9.64 Å². The number of benzene rings is 1. The summed E-state index contributed by atoms with van der Waals surface area (Å²) >= 11 is 0. The highest BCUT2D eigenvalue weighted by Crippen LogP contribution is 2.23. The third-order valence-electron chi connectivity index (χ3n) is 3.94. The molecule has 3 heteroatoms. The van der Waals surface area contributed by atoms with Gasteiger partial charge >= 0.3 is 0 Å². The van der Waals surface area contributed by atoms with E-state index in [1.54, 1.807) is 5.56 Å². The molecular formula is C15H21N2O-. The zero-order valence-electron chi connectivity index (χ0n) is 10.9. The van der Waals surface area contributed by atoms with Crippen molar-refractivity contribution in [3.05, 3.63) is 41.9 Å². The zero-order valence-corrected chi connectivity index (χ0v) is 10.9. The number of hydrogen-bond acceptors (Lipinski definition) is 3. The van der Waals surface area contributed by atoms with Crippen LogP contribution in [-0.2, 0) is 24.2 Å². The molecule has 0 aromatic heterocycles. The fraction of sp³-hybridized carbons (Fsp3) is 0.533. The lowest BCUT2D eigenvalue weighted by Crippen LogP contribution is -2.36. The average Bonchev–Trinajstić information content (AvgIpc) is 2.40. The Morgan fingerprint density at radius 3 is 2.83 bits per heavy atom. The lowest BCUT2D eigenvalue weighted by atomic mass is 9.94. The van der Waals surface area contributed by atoms with Crippen LogP contribution in [0.3, 0.4) is 0 Å². The quantitative estimate of drug-likeness (QED) is 0.737. The zero-order chi connectivity index (χ0) is 12.4. The van der Waals surface area contributed by atoms with E-state index in [9.17, 15) is 0 Å². The number of fused-ring (bicyclic) bond motifs is 1. The molecule has 18 heavy (non-hydrogen) atoms. The molecule has 2 aliphatic rings. The minimum Gasteiger partial charge on any atom is -0.455 e. The number of nitrogens with zero attached hydrogens (tertiary/aromatic N) is 2. The summed E-state index contributed by atoms with van der Waals surface area (Å²) in [6.07, 6.45) is 1.14. The van der Waals surface area contributed by atoms with Crippen LogP contribution >= 0.6 is 0 Å². The maximum Gasteiger partial charge on any atom is 0.0594 e. The van der Waals surface area contributed by atoms with Gasteiger partial charge in [-0.2, -0.15) is 0 Å². The lowest BCUT2D eigenvalue weighted by Gasteiger charge is -2.34. The van der Waals surface area contributed by atoms with Gasteiger partial charge in [-0.1, -0.05) is 18.2 Å². The van der Waals surface area contributed by atoms with Crippen molar-refractivity contribution in [3.8, 4) is 0 Å². The van der Waals surface area contributed by atoms with Gasteiger partial charge in [0.2, 0.25) is 0 Å². The van der Waals surface area contributed by atoms with E-state index in [2.05, 4.69) is 35.0 Å². The number of rotatable bonds is 2. The molecule has 98 valence electrons. The predicted octanol–water partition coefficient (Wildman–Crippen LogP) is 1.67. The first-order chi connectivity index (χ1) is 8.83. The second kappa shape index (κ2) is 5.39. The summed E-state index contributed by atoms with van der Waals surface area (Å²) in [5.41, 5.74) is 4.52. The number of morpholine rings is 1. The Hall–Kier alpha value is -0.900. The van der Waals surface area contributed by atoms with Crippen LogP contribution in [0, 0.1) is 7.05 Å². The molecule has 0 spiro atoms. The molecular weight excluding hydrogens is 224 g/mol. The second-order valence-electron chi connectivity index (χ2n) is 5.25. The van der Waals surface area contributed by atoms with Crippen LogP contribution in [0.1, 0.15) is 16.7 Å². The highest BCUT2D eigenvalue weighted by Gasteiger charge is 2.16. The van der Waals surface area contributed by atoms with Gasteiger partial charge in [-0.05, 0) is 36.2 Å². The van der Waals surface area contributed by atoms with Crippen LogP contribution in [0.4, 0.5) is 0 Å². The fourth-order valence-corrected chi connectivity index (χ4v) is 2.90. The van der Waals surface area contributed by atoms with Gasteiger partial charge in [0.1, 0.15) is 0 Å². The molecule has 0 atom stereocenters. The number of ether oxygens (including phenoxy) is 1. The molecule has 0 bridgehead atoms. The Morgan fingerprint density at radius 1 is 1.17 bits per heavy atom. The van der Waals surface area contributed by atoms with Gasteiger partial charge in [0.25, 0.3) is 0 Å². The van der Waals surface area contributed by atoms with Crippen LogP contribution in [0.25, 0.3) is 0 Å². The molecule has 0 saturated carbocycles. The summed E-state index contributed by atoms with van der Waals surface area (Å²) in [5.74, 6) is 0. The first-order valence-corrected chi connectivity index (χ1v) is 6.78. The SMILES string of the molecule is [CH2-]N1CCc2c(cccc2CN2CCOCC2)C1. The van der Waals surface area contributed by atoms with Crippen molar-refractivity contribution in [2.75, 3.05) is 32.8 Å². The third-order valence-corrected chi connectivity index (χ3v) is 3.94. The molecule has 2 heterocycles. The maximum atomic E-state index is 5.41. The van der Waals surface area contributed by atoms with Crippen LogP contribution in [0.2, 0.25) is 0 Å². The van der Waals surface area contributed by atoms with Gasteiger partial charge in [0.15, 0.2) is 0 Å². The largest absolute Gasteiger partial charge is 0.455 e. The molecule has 0 unspecified atom stereocenters. The Balaban J connectivity index is 1.77. The molecule has 3 rings (SSSR count). The average molecular weight is 245 g/mol. The second-order valence-corrected chi connectivity index (χ2v) is 5.25. The summed E-state index contributed by atoms with van der Waals surface area (Å²) in [6.45, 7) is 7.02. The molecule has 0 aliphatic carbocycles. The van der Waals surface area contributed by atoms with Gasteiger partial charge in [0, 0.05) is 19.6 Å². The molecule has 0 radical (unpaired) electrons. The molecule has 1 fully saturated rings. The molecule has 2 aliphatic heterocycles. The van der Waals surface area contributed by atoms with E-state index in [1.807, 2.05) is 0 Å². The number of hydrogen-bond donors (Lipinski definition) is 0.